The Bertz CT molecular complexity index is 840. The van der Waals surface area contributed by atoms with Crippen LogP contribution in [0.15, 0.2) is 60.0 Å². The molecular weight excluding hydrogens is 304 g/mol. The molecule has 0 radical (unpaired) electrons. The maximum absolute atomic E-state index is 10.2. The van der Waals surface area contributed by atoms with Gasteiger partial charge in [0.15, 0.2) is 0 Å². The third-order valence-electron chi connectivity index (χ3n) is 3.68. The first-order valence-electron chi connectivity index (χ1n) is 7.51. The first-order chi connectivity index (χ1) is 11.7. The molecule has 3 rings (SSSR count). The summed E-state index contributed by atoms with van der Waals surface area (Å²) in [6.07, 6.45) is 4.85. The van der Waals surface area contributed by atoms with Gasteiger partial charge in [-0.05, 0) is 48.9 Å². The highest BCUT2D eigenvalue weighted by atomic mass is 16.4. The van der Waals surface area contributed by atoms with Gasteiger partial charge < -0.3 is 15.6 Å². The predicted octanol–water partition coefficient (Wildman–Crippen LogP) is 3.31. The number of phenols is 1. The zero-order chi connectivity index (χ0) is 16.9. The minimum absolute atomic E-state index is 0.110. The van der Waals surface area contributed by atoms with E-state index in [9.17, 15) is 5.11 Å². The Morgan fingerprint density at radius 3 is 2.71 bits per heavy atom. The van der Waals surface area contributed by atoms with Gasteiger partial charge in [0.25, 0.3) is 0 Å². The number of benzene rings is 2. The Morgan fingerprint density at radius 2 is 2.04 bits per heavy atom. The molecule has 0 unspecified atom stereocenters. The van der Waals surface area contributed by atoms with Crippen LogP contribution in [0.5, 0.6) is 5.75 Å². The third kappa shape index (κ3) is 3.38. The molecule has 0 atom stereocenters. The quantitative estimate of drug-likeness (QED) is 0.382. The first-order valence-corrected chi connectivity index (χ1v) is 7.51. The highest BCUT2D eigenvalue weighted by molar-refractivity contribution is 5.84. The molecule has 6 nitrogen and oxygen atoms in total. The number of aromatic nitrogens is 2. The number of rotatable bonds is 5. The molecule has 0 aliphatic carbocycles. The van der Waals surface area contributed by atoms with Crippen LogP contribution in [0, 0.1) is 6.92 Å². The number of hydrogen-bond acceptors (Lipinski definition) is 5. The van der Waals surface area contributed by atoms with Crippen LogP contribution < -0.4 is 5.32 Å². The molecule has 1 heterocycles. The minimum Gasteiger partial charge on any atom is -0.507 e. The Labute approximate surface area is 139 Å². The molecule has 3 aromatic rings. The van der Waals surface area contributed by atoms with E-state index in [1.807, 2.05) is 49.5 Å². The predicted molar refractivity (Wildman–Crippen MR) is 93.1 cm³/mol. The summed E-state index contributed by atoms with van der Waals surface area (Å²) in [5, 5.41) is 29.4. The van der Waals surface area contributed by atoms with Crippen molar-refractivity contribution in [2.45, 2.75) is 13.5 Å². The van der Waals surface area contributed by atoms with Gasteiger partial charge >= 0.3 is 0 Å². The molecule has 0 saturated heterocycles. The summed E-state index contributed by atoms with van der Waals surface area (Å²) >= 11 is 0. The first kappa shape index (κ1) is 15.6. The lowest BCUT2D eigenvalue weighted by atomic mass is 10.0. The second-order valence-corrected chi connectivity index (χ2v) is 5.46. The normalized spacial score (nSPS) is 11.0. The largest absolute Gasteiger partial charge is 0.507 e. The third-order valence-corrected chi connectivity index (χ3v) is 3.68. The van der Waals surface area contributed by atoms with E-state index in [4.69, 9.17) is 5.21 Å². The van der Waals surface area contributed by atoms with Gasteiger partial charge in [-0.25, -0.2) is 4.68 Å². The van der Waals surface area contributed by atoms with Gasteiger partial charge in [-0.3, -0.25) is 0 Å². The molecule has 0 bridgehead atoms. The number of aromatic hydroxyl groups is 1. The van der Waals surface area contributed by atoms with Crippen LogP contribution in [0.2, 0.25) is 0 Å². The van der Waals surface area contributed by atoms with Gasteiger partial charge in [-0.15, -0.1) is 0 Å². The molecule has 0 fully saturated rings. The molecule has 122 valence electrons. The topological polar surface area (TPSA) is 82.7 Å². The van der Waals surface area contributed by atoms with E-state index >= 15 is 0 Å². The molecule has 0 amide bonds. The van der Waals surface area contributed by atoms with Crippen LogP contribution in [-0.2, 0) is 6.54 Å². The lowest BCUT2D eigenvalue weighted by molar-refractivity contribution is 0.321. The molecule has 0 aliphatic rings. The average Bonchev–Trinajstić information content (AvgIpc) is 3.12. The van der Waals surface area contributed by atoms with Gasteiger partial charge in [0.05, 0.1) is 11.9 Å². The summed E-state index contributed by atoms with van der Waals surface area (Å²) in [5.41, 5.74) is 4.12. The zero-order valence-corrected chi connectivity index (χ0v) is 13.2. The summed E-state index contributed by atoms with van der Waals surface area (Å²) in [7, 11) is 0. The number of hydrogen-bond donors (Lipinski definition) is 3. The van der Waals surface area contributed by atoms with E-state index in [0.29, 0.717) is 12.1 Å². The fourth-order valence-corrected chi connectivity index (χ4v) is 2.53. The van der Waals surface area contributed by atoms with Gasteiger partial charge in [-0.1, -0.05) is 11.2 Å². The zero-order valence-electron chi connectivity index (χ0n) is 13.2. The van der Waals surface area contributed by atoms with Crippen LogP contribution in [-0.4, -0.2) is 26.3 Å². The van der Waals surface area contributed by atoms with Crippen molar-refractivity contribution < 1.29 is 10.3 Å². The van der Waals surface area contributed by atoms with Crippen LogP contribution in [0.1, 0.15) is 16.7 Å². The number of oxime groups is 1. The van der Waals surface area contributed by atoms with Gasteiger partial charge in [0.1, 0.15) is 5.75 Å². The van der Waals surface area contributed by atoms with Gasteiger partial charge in [-0.2, -0.15) is 5.10 Å². The molecule has 3 N–H and O–H groups in total. The smallest absolute Gasteiger partial charge is 0.129 e. The van der Waals surface area contributed by atoms with E-state index < -0.39 is 0 Å². The standard InChI is InChI=1S/C18H18N4O2/c1-13-9-14(18(23)15(10-13)12-21-24)11-19-16-3-5-17(6-4-16)22-8-2-7-20-22/h2-10,12,19,23-24H,11H2,1H3/b21-12+. The van der Waals surface area contributed by atoms with Gasteiger partial charge in [0.2, 0.25) is 0 Å². The van der Waals surface area contributed by atoms with Crippen LogP contribution in [0.4, 0.5) is 5.69 Å². The molecule has 24 heavy (non-hydrogen) atoms. The van der Waals surface area contributed by atoms with E-state index in [-0.39, 0.29) is 5.75 Å². The number of aryl methyl sites for hydroxylation is 1. The molecular formula is C18H18N4O2. The summed E-state index contributed by atoms with van der Waals surface area (Å²) < 4.78 is 1.79. The SMILES string of the molecule is Cc1cc(/C=N/O)c(O)c(CNc2ccc(-n3cccn3)cc2)c1. The van der Waals surface area contributed by atoms with Crippen molar-refractivity contribution in [3.8, 4) is 11.4 Å². The second kappa shape index (κ2) is 6.87. The van der Waals surface area contributed by atoms with Crippen LogP contribution >= 0.6 is 0 Å². The van der Waals surface area contributed by atoms with Crippen molar-refractivity contribution in [2.24, 2.45) is 5.16 Å². The van der Waals surface area contributed by atoms with E-state index in [1.165, 1.54) is 6.21 Å². The molecule has 2 aromatic carbocycles. The summed E-state index contributed by atoms with van der Waals surface area (Å²) in [5.74, 6) is 0.110. The maximum Gasteiger partial charge on any atom is 0.129 e. The Hall–Kier alpha value is -3.28. The fourth-order valence-electron chi connectivity index (χ4n) is 2.53. The van der Waals surface area contributed by atoms with E-state index in [0.717, 1.165) is 22.5 Å². The Balaban J connectivity index is 1.74. The number of nitrogens with one attached hydrogen (secondary N) is 1. The van der Waals surface area contributed by atoms with E-state index in [1.54, 1.807) is 16.9 Å². The number of phenolic OH excluding ortho intramolecular Hbond substituents is 1. The summed E-state index contributed by atoms with van der Waals surface area (Å²) in [4.78, 5) is 0. The van der Waals surface area contributed by atoms with Crippen LogP contribution in [0.25, 0.3) is 5.69 Å². The molecule has 0 aliphatic heterocycles. The Morgan fingerprint density at radius 1 is 1.25 bits per heavy atom. The average molecular weight is 322 g/mol. The van der Waals surface area contributed by atoms with Crippen molar-refractivity contribution in [2.75, 3.05) is 5.32 Å². The van der Waals surface area contributed by atoms with Crippen LogP contribution in [0.3, 0.4) is 0 Å². The second-order valence-electron chi connectivity index (χ2n) is 5.46. The molecule has 1 aromatic heterocycles. The van der Waals surface area contributed by atoms with Crippen molar-refractivity contribution in [3.63, 3.8) is 0 Å². The summed E-state index contributed by atoms with van der Waals surface area (Å²) in [6.45, 7) is 2.39. The van der Waals surface area contributed by atoms with Crippen molar-refractivity contribution >= 4 is 11.9 Å². The lowest BCUT2D eigenvalue weighted by Gasteiger charge is -2.11. The molecule has 0 spiro atoms. The number of anilines is 1. The lowest BCUT2D eigenvalue weighted by Crippen LogP contribution is -2.02. The summed E-state index contributed by atoms with van der Waals surface area (Å²) in [6, 6.07) is 13.4. The van der Waals surface area contributed by atoms with Gasteiger partial charge in [0, 0.05) is 35.8 Å². The molecule has 0 saturated carbocycles. The highest BCUT2D eigenvalue weighted by Gasteiger charge is 2.08. The monoisotopic (exact) mass is 322 g/mol. The molecule has 6 heteroatoms. The fraction of sp³-hybridized carbons (Fsp3) is 0.111. The number of nitrogens with zero attached hydrogens (tertiary/aromatic N) is 3. The highest BCUT2D eigenvalue weighted by Crippen LogP contribution is 2.24. The van der Waals surface area contributed by atoms with Crippen molar-refractivity contribution in [1.82, 2.24) is 9.78 Å². The van der Waals surface area contributed by atoms with Crippen molar-refractivity contribution in [1.29, 1.82) is 0 Å². The Kier molecular flexibility index (Phi) is 4.47. The van der Waals surface area contributed by atoms with E-state index in [2.05, 4.69) is 15.6 Å². The maximum atomic E-state index is 10.2. The minimum atomic E-state index is 0.110. The van der Waals surface area contributed by atoms with Crippen molar-refractivity contribution in [3.05, 3.63) is 71.5 Å².